The first-order chi connectivity index (χ1) is 8.22. The highest BCUT2D eigenvalue weighted by molar-refractivity contribution is 5.40. The van der Waals surface area contributed by atoms with Gasteiger partial charge < -0.3 is 15.2 Å². The summed E-state index contributed by atoms with van der Waals surface area (Å²) in [5.74, 6) is 1.39. The maximum atomic E-state index is 9.55. The summed E-state index contributed by atoms with van der Waals surface area (Å²) in [5.41, 5.74) is 1.28. The van der Waals surface area contributed by atoms with Crippen LogP contribution >= 0.6 is 0 Å². The second-order valence-electron chi connectivity index (χ2n) is 4.71. The molecular weight excluding hydrogens is 214 g/mol. The standard InChI is InChI=1S/C14H21NO2/c1-3-11(16)8-15-10(2)13-9-17-14-7-5-4-6-12(13)14/h4-7,10-11,13,15-16H,3,8-9H2,1-2H3/t10-,11-,13+/m1/s1. The van der Waals surface area contributed by atoms with E-state index in [0.717, 1.165) is 18.8 Å². The van der Waals surface area contributed by atoms with Crippen molar-refractivity contribution in [3.63, 3.8) is 0 Å². The van der Waals surface area contributed by atoms with Gasteiger partial charge in [0.25, 0.3) is 0 Å². The van der Waals surface area contributed by atoms with Crippen molar-refractivity contribution in [2.24, 2.45) is 0 Å². The molecule has 3 heteroatoms. The minimum absolute atomic E-state index is 0.255. The van der Waals surface area contributed by atoms with Crippen LogP contribution < -0.4 is 10.1 Å². The fraction of sp³-hybridized carbons (Fsp3) is 0.571. The molecule has 1 aromatic carbocycles. The van der Waals surface area contributed by atoms with Crippen molar-refractivity contribution in [2.45, 2.75) is 38.3 Å². The van der Waals surface area contributed by atoms with E-state index in [-0.39, 0.29) is 6.10 Å². The predicted molar refractivity (Wildman–Crippen MR) is 68.4 cm³/mol. The summed E-state index contributed by atoms with van der Waals surface area (Å²) in [5, 5.41) is 12.9. The van der Waals surface area contributed by atoms with E-state index >= 15 is 0 Å². The van der Waals surface area contributed by atoms with E-state index in [1.807, 2.05) is 25.1 Å². The van der Waals surface area contributed by atoms with Crippen LogP contribution in [0.4, 0.5) is 0 Å². The van der Waals surface area contributed by atoms with Gasteiger partial charge in [-0.3, -0.25) is 0 Å². The lowest BCUT2D eigenvalue weighted by molar-refractivity contribution is 0.160. The number of fused-ring (bicyclic) bond motifs is 1. The fourth-order valence-corrected chi connectivity index (χ4v) is 2.21. The zero-order valence-corrected chi connectivity index (χ0v) is 10.5. The molecule has 0 aromatic heterocycles. The van der Waals surface area contributed by atoms with Crippen molar-refractivity contribution in [3.8, 4) is 5.75 Å². The summed E-state index contributed by atoms with van der Waals surface area (Å²) in [6, 6.07) is 8.51. The molecule has 1 aliphatic heterocycles. The largest absolute Gasteiger partial charge is 0.493 e. The van der Waals surface area contributed by atoms with Crippen LogP contribution in [0, 0.1) is 0 Å². The van der Waals surface area contributed by atoms with Gasteiger partial charge in [0.1, 0.15) is 5.75 Å². The number of para-hydroxylation sites is 1. The molecule has 2 N–H and O–H groups in total. The predicted octanol–water partition coefficient (Wildman–Crippen LogP) is 1.91. The maximum Gasteiger partial charge on any atom is 0.122 e. The molecule has 94 valence electrons. The number of hydrogen-bond donors (Lipinski definition) is 2. The van der Waals surface area contributed by atoms with Crippen molar-refractivity contribution in [1.82, 2.24) is 5.32 Å². The molecule has 1 aromatic rings. The topological polar surface area (TPSA) is 41.5 Å². The average molecular weight is 235 g/mol. The quantitative estimate of drug-likeness (QED) is 0.819. The van der Waals surface area contributed by atoms with E-state index in [9.17, 15) is 5.11 Å². The third-order valence-corrected chi connectivity index (χ3v) is 3.49. The number of aliphatic hydroxyl groups is 1. The highest BCUT2D eigenvalue weighted by Crippen LogP contribution is 2.35. The Hall–Kier alpha value is -1.06. The molecular formula is C14H21NO2. The molecule has 3 atom stereocenters. The second kappa shape index (κ2) is 5.52. The lowest BCUT2D eigenvalue weighted by atomic mass is 9.94. The highest BCUT2D eigenvalue weighted by Gasteiger charge is 2.28. The number of rotatable bonds is 5. The van der Waals surface area contributed by atoms with Crippen LogP contribution in [0.1, 0.15) is 31.7 Å². The number of nitrogens with one attached hydrogen (secondary N) is 1. The fourth-order valence-electron chi connectivity index (χ4n) is 2.21. The Bertz CT molecular complexity index is 367. The van der Waals surface area contributed by atoms with Gasteiger partial charge in [0.15, 0.2) is 0 Å². The maximum absolute atomic E-state index is 9.55. The van der Waals surface area contributed by atoms with E-state index in [2.05, 4.69) is 18.3 Å². The Morgan fingerprint density at radius 3 is 3.00 bits per heavy atom. The molecule has 0 unspecified atom stereocenters. The van der Waals surface area contributed by atoms with Crippen LogP contribution in [0.15, 0.2) is 24.3 Å². The minimum Gasteiger partial charge on any atom is -0.493 e. The summed E-state index contributed by atoms with van der Waals surface area (Å²) in [6.07, 6.45) is 0.535. The van der Waals surface area contributed by atoms with Crippen LogP contribution in [0.2, 0.25) is 0 Å². The number of benzene rings is 1. The van der Waals surface area contributed by atoms with Gasteiger partial charge in [-0.05, 0) is 19.4 Å². The molecule has 1 heterocycles. The highest BCUT2D eigenvalue weighted by atomic mass is 16.5. The number of ether oxygens (including phenoxy) is 1. The minimum atomic E-state index is -0.255. The molecule has 0 bridgehead atoms. The molecule has 0 amide bonds. The van der Waals surface area contributed by atoms with Gasteiger partial charge >= 0.3 is 0 Å². The second-order valence-corrected chi connectivity index (χ2v) is 4.71. The molecule has 0 saturated heterocycles. The van der Waals surface area contributed by atoms with E-state index in [4.69, 9.17) is 4.74 Å². The van der Waals surface area contributed by atoms with E-state index in [0.29, 0.717) is 18.5 Å². The summed E-state index contributed by atoms with van der Waals surface area (Å²) < 4.78 is 5.66. The van der Waals surface area contributed by atoms with E-state index in [1.54, 1.807) is 0 Å². The summed E-state index contributed by atoms with van der Waals surface area (Å²) >= 11 is 0. The van der Waals surface area contributed by atoms with Crippen molar-refractivity contribution in [1.29, 1.82) is 0 Å². The molecule has 17 heavy (non-hydrogen) atoms. The van der Waals surface area contributed by atoms with Crippen molar-refractivity contribution < 1.29 is 9.84 Å². The first kappa shape index (κ1) is 12.4. The van der Waals surface area contributed by atoms with Crippen LogP contribution in [0.25, 0.3) is 0 Å². The van der Waals surface area contributed by atoms with Crippen molar-refractivity contribution in [3.05, 3.63) is 29.8 Å². The van der Waals surface area contributed by atoms with Crippen LogP contribution in [0.5, 0.6) is 5.75 Å². The molecule has 0 fully saturated rings. The zero-order chi connectivity index (χ0) is 12.3. The Labute approximate surface area is 103 Å². The Kier molecular flexibility index (Phi) is 4.02. The molecule has 0 radical (unpaired) electrons. The monoisotopic (exact) mass is 235 g/mol. The zero-order valence-electron chi connectivity index (χ0n) is 10.5. The van der Waals surface area contributed by atoms with Gasteiger partial charge in [-0.2, -0.15) is 0 Å². The number of hydrogen-bond acceptors (Lipinski definition) is 3. The lowest BCUT2D eigenvalue weighted by Gasteiger charge is -2.21. The van der Waals surface area contributed by atoms with Gasteiger partial charge in [-0.1, -0.05) is 25.1 Å². The molecule has 0 spiro atoms. The Morgan fingerprint density at radius 1 is 1.47 bits per heavy atom. The average Bonchev–Trinajstić information content (AvgIpc) is 2.79. The first-order valence-corrected chi connectivity index (χ1v) is 6.35. The summed E-state index contributed by atoms with van der Waals surface area (Å²) in [4.78, 5) is 0. The Morgan fingerprint density at radius 2 is 2.24 bits per heavy atom. The summed E-state index contributed by atoms with van der Waals surface area (Å²) in [7, 11) is 0. The molecule has 2 rings (SSSR count). The van der Waals surface area contributed by atoms with Crippen molar-refractivity contribution >= 4 is 0 Å². The van der Waals surface area contributed by atoms with E-state index in [1.165, 1.54) is 5.56 Å². The summed E-state index contributed by atoms with van der Waals surface area (Å²) in [6.45, 7) is 5.52. The van der Waals surface area contributed by atoms with Crippen LogP contribution in [-0.2, 0) is 0 Å². The molecule has 1 aliphatic rings. The molecule has 3 nitrogen and oxygen atoms in total. The van der Waals surface area contributed by atoms with Crippen LogP contribution in [-0.4, -0.2) is 30.4 Å². The van der Waals surface area contributed by atoms with Crippen molar-refractivity contribution in [2.75, 3.05) is 13.2 Å². The van der Waals surface area contributed by atoms with Gasteiger partial charge in [0.05, 0.1) is 12.7 Å². The third kappa shape index (κ3) is 2.79. The third-order valence-electron chi connectivity index (χ3n) is 3.49. The number of aliphatic hydroxyl groups excluding tert-OH is 1. The van der Waals surface area contributed by atoms with Crippen LogP contribution in [0.3, 0.4) is 0 Å². The normalized spacial score (nSPS) is 21.7. The van der Waals surface area contributed by atoms with Gasteiger partial charge in [0.2, 0.25) is 0 Å². The van der Waals surface area contributed by atoms with Gasteiger partial charge in [-0.25, -0.2) is 0 Å². The van der Waals surface area contributed by atoms with Gasteiger partial charge in [-0.15, -0.1) is 0 Å². The molecule has 0 aliphatic carbocycles. The smallest absolute Gasteiger partial charge is 0.122 e. The van der Waals surface area contributed by atoms with Gasteiger partial charge in [0, 0.05) is 24.1 Å². The first-order valence-electron chi connectivity index (χ1n) is 6.35. The molecule has 0 saturated carbocycles. The SMILES string of the molecule is CC[C@@H](O)CN[C@H](C)[C@@H]1COc2ccccc21. The van der Waals surface area contributed by atoms with E-state index < -0.39 is 0 Å². The lowest BCUT2D eigenvalue weighted by Crippen LogP contribution is -2.37. The Balaban J connectivity index is 1.95.